The van der Waals surface area contributed by atoms with Gasteiger partial charge in [0.15, 0.2) is 11.6 Å². The SMILES string of the molecule is CCCc1cn(-c2ccccc2C(C)=O)c(=O)n1Cc1ccc(-c2ccccc2-c2nnn[nH]2)cc1. The van der Waals surface area contributed by atoms with Crippen LogP contribution >= 0.6 is 0 Å². The lowest BCUT2D eigenvalue weighted by Gasteiger charge is -2.10. The molecular weight excluding hydrogens is 452 g/mol. The van der Waals surface area contributed by atoms with Gasteiger partial charge in [-0.15, -0.1) is 5.10 Å². The van der Waals surface area contributed by atoms with Crippen LogP contribution in [0.1, 0.15) is 41.9 Å². The topological polar surface area (TPSA) is 98.5 Å². The zero-order valence-corrected chi connectivity index (χ0v) is 20.2. The Morgan fingerprint density at radius 2 is 1.67 bits per heavy atom. The Hall–Kier alpha value is -4.59. The van der Waals surface area contributed by atoms with Crippen molar-refractivity contribution in [2.75, 3.05) is 0 Å². The quantitative estimate of drug-likeness (QED) is 0.326. The summed E-state index contributed by atoms with van der Waals surface area (Å²) >= 11 is 0. The van der Waals surface area contributed by atoms with E-state index in [0.717, 1.165) is 40.8 Å². The first-order valence-electron chi connectivity index (χ1n) is 11.9. The lowest BCUT2D eigenvalue weighted by atomic mass is 9.98. The fourth-order valence-corrected chi connectivity index (χ4v) is 4.49. The number of hydrogen-bond donors (Lipinski definition) is 1. The van der Waals surface area contributed by atoms with E-state index in [0.29, 0.717) is 23.6 Å². The standard InChI is InChI=1S/C28H26N6O2/c1-3-8-22-18-34(26-12-7-6-9-23(26)19(2)35)28(36)33(22)17-20-13-15-21(16-14-20)24-10-4-5-11-25(24)27-29-31-32-30-27/h4-7,9-16,18H,3,8,17H2,1-2H3,(H,29,30,31,32). The second kappa shape index (κ2) is 9.95. The molecule has 0 aliphatic carbocycles. The summed E-state index contributed by atoms with van der Waals surface area (Å²) in [6.45, 7) is 4.05. The number of nitrogens with one attached hydrogen (secondary N) is 1. The number of aryl methyl sites for hydroxylation is 1. The smallest absolute Gasteiger partial charge is 0.294 e. The van der Waals surface area contributed by atoms with E-state index in [-0.39, 0.29) is 11.5 Å². The zero-order valence-electron chi connectivity index (χ0n) is 20.2. The summed E-state index contributed by atoms with van der Waals surface area (Å²) in [6.07, 6.45) is 3.54. The average Bonchev–Trinajstić information content (AvgIpc) is 3.54. The van der Waals surface area contributed by atoms with Crippen molar-refractivity contribution in [1.29, 1.82) is 0 Å². The number of rotatable bonds is 8. The van der Waals surface area contributed by atoms with Crippen LogP contribution in [0.5, 0.6) is 0 Å². The normalized spacial score (nSPS) is 11.1. The van der Waals surface area contributed by atoms with E-state index in [4.69, 9.17) is 0 Å². The monoisotopic (exact) mass is 478 g/mol. The number of benzene rings is 3. The van der Waals surface area contributed by atoms with Crippen LogP contribution in [0.3, 0.4) is 0 Å². The van der Waals surface area contributed by atoms with Crippen LogP contribution in [0.2, 0.25) is 0 Å². The average molecular weight is 479 g/mol. The van der Waals surface area contributed by atoms with Crippen molar-refractivity contribution >= 4 is 5.78 Å². The zero-order chi connectivity index (χ0) is 25.1. The number of tetrazole rings is 1. The molecule has 180 valence electrons. The van der Waals surface area contributed by atoms with E-state index >= 15 is 0 Å². The van der Waals surface area contributed by atoms with Crippen LogP contribution < -0.4 is 5.69 Å². The van der Waals surface area contributed by atoms with Crippen molar-refractivity contribution < 1.29 is 4.79 Å². The maximum absolute atomic E-state index is 13.5. The number of carbonyl (C=O) groups is 1. The molecule has 0 amide bonds. The van der Waals surface area contributed by atoms with Gasteiger partial charge in [-0.2, -0.15) is 0 Å². The van der Waals surface area contributed by atoms with Gasteiger partial charge in [-0.05, 0) is 52.6 Å². The molecule has 0 spiro atoms. The van der Waals surface area contributed by atoms with Gasteiger partial charge in [0.25, 0.3) is 0 Å². The van der Waals surface area contributed by atoms with Gasteiger partial charge in [-0.3, -0.25) is 13.9 Å². The van der Waals surface area contributed by atoms with Crippen molar-refractivity contribution in [2.24, 2.45) is 0 Å². The van der Waals surface area contributed by atoms with Gasteiger partial charge < -0.3 is 0 Å². The minimum Gasteiger partial charge on any atom is -0.294 e. The van der Waals surface area contributed by atoms with E-state index in [9.17, 15) is 9.59 Å². The van der Waals surface area contributed by atoms with Gasteiger partial charge in [-0.25, -0.2) is 9.89 Å². The van der Waals surface area contributed by atoms with Crippen LogP contribution in [0.15, 0.2) is 83.8 Å². The van der Waals surface area contributed by atoms with E-state index in [1.54, 1.807) is 15.2 Å². The number of imidazole rings is 1. The van der Waals surface area contributed by atoms with Gasteiger partial charge >= 0.3 is 5.69 Å². The molecule has 5 rings (SSSR count). The van der Waals surface area contributed by atoms with Crippen LogP contribution in [-0.4, -0.2) is 35.5 Å². The van der Waals surface area contributed by atoms with E-state index < -0.39 is 0 Å². The first kappa shape index (κ1) is 23.2. The summed E-state index contributed by atoms with van der Waals surface area (Å²) < 4.78 is 3.39. The number of hydrogen-bond acceptors (Lipinski definition) is 5. The third-order valence-electron chi connectivity index (χ3n) is 6.24. The molecule has 1 N–H and O–H groups in total. The van der Waals surface area contributed by atoms with Crippen molar-refractivity contribution in [3.8, 4) is 28.2 Å². The molecule has 3 aromatic carbocycles. The van der Waals surface area contributed by atoms with Crippen LogP contribution in [0, 0.1) is 0 Å². The summed E-state index contributed by atoms with van der Waals surface area (Å²) in [6, 6.07) is 23.3. The molecule has 36 heavy (non-hydrogen) atoms. The Morgan fingerprint density at radius 1 is 0.944 bits per heavy atom. The predicted molar refractivity (Wildman–Crippen MR) is 138 cm³/mol. The molecular formula is C28H26N6O2. The second-order valence-electron chi connectivity index (χ2n) is 8.67. The van der Waals surface area contributed by atoms with E-state index in [2.05, 4.69) is 27.5 Å². The Morgan fingerprint density at radius 3 is 2.36 bits per heavy atom. The van der Waals surface area contributed by atoms with Crippen LogP contribution in [-0.2, 0) is 13.0 Å². The number of aromatic amines is 1. The summed E-state index contributed by atoms with van der Waals surface area (Å²) in [5.41, 5.74) is 5.89. The molecule has 0 aliphatic heterocycles. The lowest BCUT2D eigenvalue weighted by Crippen LogP contribution is -2.25. The molecule has 2 aromatic heterocycles. The molecule has 8 heteroatoms. The largest absolute Gasteiger partial charge is 0.333 e. The van der Waals surface area contributed by atoms with E-state index in [1.165, 1.54) is 6.92 Å². The van der Waals surface area contributed by atoms with Gasteiger partial charge in [0.2, 0.25) is 0 Å². The number of Topliss-reactive ketones (excluding diaryl/α,β-unsaturated/α-hetero) is 1. The maximum Gasteiger partial charge on any atom is 0.333 e. The minimum absolute atomic E-state index is 0.0701. The summed E-state index contributed by atoms with van der Waals surface area (Å²) in [5.74, 6) is 0.539. The van der Waals surface area contributed by atoms with Gasteiger partial charge in [-0.1, -0.05) is 74.0 Å². The number of aromatic nitrogens is 6. The summed E-state index contributed by atoms with van der Waals surface area (Å²) in [5, 5.41) is 14.3. The van der Waals surface area contributed by atoms with Crippen LogP contribution in [0.4, 0.5) is 0 Å². The summed E-state index contributed by atoms with van der Waals surface area (Å²) in [4.78, 5) is 25.7. The molecule has 0 saturated heterocycles. The van der Waals surface area contributed by atoms with Gasteiger partial charge in [0, 0.05) is 23.0 Å². The number of carbonyl (C=O) groups excluding carboxylic acids is 1. The third-order valence-corrected chi connectivity index (χ3v) is 6.24. The molecule has 0 atom stereocenters. The van der Waals surface area contributed by atoms with Gasteiger partial charge in [0.05, 0.1) is 12.2 Å². The lowest BCUT2D eigenvalue weighted by molar-refractivity contribution is 0.101. The number of H-pyrrole nitrogens is 1. The Kier molecular flexibility index (Phi) is 6.40. The molecule has 2 heterocycles. The fraction of sp³-hybridized carbons (Fsp3) is 0.179. The molecule has 0 radical (unpaired) electrons. The molecule has 0 bridgehead atoms. The number of para-hydroxylation sites is 1. The molecule has 0 unspecified atom stereocenters. The molecule has 0 aliphatic rings. The maximum atomic E-state index is 13.5. The highest BCUT2D eigenvalue weighted by molar-refractivity contribution is 5.97. The Labute approximate surface area is 208 Å². The Balaban J connectivity index is 1.49. The van der Waals surface area contributed by atoms with E-state index in [1.807, 2.05) is 72.9 Å². The fourth-order valence-electron chi connectivity index (χ4n) is 4.49. The van der Waals surface area contributed by atoms with Crippen LogP contribution in [0.25, 0.3) is 28.2 Å². The first-order valence-corrected chi connectivity index (χ1v) is 11.9. The third kappa shape index (κ3) is 4.40. The predicted octanol–water partition coefficient (Wildman–Crippen LogP) is 4.69. The Bertz CT molecular complexity index is 1560. The molecule has 8 nitrogen and oxygen atoms in total. The van der Waals surface area contributed by atoms with Crippen molar-refractivity contribution in [1.82, 2.24) is 29.8 Å². The first-order chi connectivity index (χ1) is 17.6. The highest BCUT2D eigenvalue weighted by atomic mass is 16.2. The molecule has 0 saturated carbocycles. The van der Waals surface area contributed by atoms with Crippen molar-refractivity contribution in [3.63, 3.8) is 0 Å². The van der Waals surface area contributed by atoms with Gasteiger partial charge in [0.1, 0.15) is 0 Å². The number of nitrogens with zero attached hydrogens (tertiary/aromatic N) is 5. The molecule has 0 fully saturated rings. The summed E-state index contributed by atoms with van der Waals surface area (Å²) in [7, 11) is 0. The second-order valence-corrected chi connectivity index (χ2v) is 8.67. The van der Waals surface area contributed by atoms with Crippen molar-refractivity contribution in [2.45, 2.75) is 33.2 Å². The molecule has 5 aromatic rings. The minimum atomic E-state index is -0.153. The van der Waals surface area contributed by atoms with Crippen molar-refractivity contribution in [3.05, 3.63) is 106 Å². The highest BCUT2D eigenvalue weighted by Crippen LogP contribution is 2.30. The number of ketones is 1. The highest BCUT2D eigenvalue weighted by Gasteiger charge is 2.17.